The van der Waals surface area contributed by atoms with Gasteiger partial charge in [-0.3, -0.25) is 0 Å². The molecule has 0 spiro atoms. The van der Waals surface area contributed by atoms with Crippen molar-refractivity contribution in [2.45, 2.75) is 26.2 Å². The van der Waals surface area contributed by atoms with E-state index >= 15 is 0 Å². The summed E-state index contributed by atoms with van der Waals surface area (Å²) in [7, 11) is 0. The number of nitrogens with zero attached hydrogens (tertiary/aromatic N) is 5. The van der Waals surface area contributed by atoms with E-state index in [1.165, 1.54) is 10.9 Å². The fraction of sp³-hybridized carbons (Fsp3) is 0.353. The summed E-state index contributed by atoms with van der Waals surface area (Å²) in [5.74, 6) is -2.14. The van der Waals surface area contributed by atoms with Crippen molar-refractivity contribution >= 4 is 11.6 Å². The number of halogens is 3. The van der Waals surface area contributed by atoms with Crippen LogP contribution < -0.4 is 4.90 Å². The third kappa shape index (κ3) is 2.81. The largest absolute Gasteiger partial charge is 0.356 e. The first-order chi connectivity index (χ1) is 12.0. The van der Waals surface area contributed by atoms with E-state index in [-0.39, 0.29) is 11.6 Å². The van der Waals surface area contributed by atoms with Gasteiger partial charge >= 0.3 is 0 Å². The maximum atomic E-state index is 14.1. The summed E-state index contributed by atoms with van der Waals surface area (Å²) in [5.41, 5.74) is 0.293. The van der Waals surface area contributed by atoms with E-state index in [4.69, 9.17) is 0 Å². The second-order valence-corrected chi connectivity index (χ2v) is 6.20. The molecule has 1 saturated heterocycles. The molecule has 4 rings (SSSR count). The normalized spacial score (nSPS) is 15.1. The lowest BCUT2D eigenvalue weighted by atomic mass is 10.1. The summed E-state index contributed by atoms with van der Waals surface area (Å²) >= 11 is 0. The molecule has 5 nitrogen and oxygen atoms in total. The highest BCUT2D eigenvalue weighted by atomic mass is 19.1. The standard InChI is InChI=1S/C17H16F3N5/c1-10-7-14(24-5-3-2-4-6-24)25-17(21-10)22-16(23-25)15-12(19)8-11(18)9-13(15)20/h7-9H,2-6H2,1H3. The molecule has 2 aromatic heterocycles. The number of piperidine rings is 1. The fourth-order valence-corrected chi connectivity index (χ4v) is 3.18. The minimum Gasteiger partial charge on any atom is -0.356 e. The Kier molecular flexibility index (Phi) is 3.82. The molecule has 0 atom stereocenters. The van der Waals surface area contributed by atoms with Crippen molar-refractivity contribution in [3.8, 4) is 11.4 Å². The minimum atomic E-state index is -1.04. The highest BCUT2D eigenvalue weighted by Gasteiger charge is 2.22. The number of anilines is 1. The molecule has 1 aliphatic rings. The lowest BCUT2D eigenvalue weighted by Crippen LogP contribution is -2.31. The van der Waals surface area contributed by atoms with Gasteiger partial charge in [-0.25, -0.2) is 18.2 Å². The third-order valence-corrected chi connectivity index (χ3v) is 4.33. The van der Waals surface area contributed by atoms with Crippen LogP contribution in [0.3, 0.4) is 0 Å². The van der Waals surface area contributed by atoms with Crippen molar-refractivity contribution in [2.75, 3.05) is 18.0 Å². The molecule has 3 heterocycles. The number of hydrogen-bond donors (Lipinski definition) is 0. The summed E-state index contributed by atoms with van der Waals surface area (Å²) in [4.78, 5) is 10.6. The Bertz CT molecular complexity index is 924. The van der Waals surface area contributed by atoms with Crippen LogP contribution in [0, 0.1) is 24.4 Å². The lowest BCUT2D eigenvalue weighted by Gasteiger charge is -2.28. The molecule has 0 unspecified atom stereocenters. The molecule has 0 amide bonds. The maximum Gasteiger partial charge on any atom is 0.254 e. The van der Waals surface area contributed by atoms with Gasteiger partial charge < -0.3 is 4.90 Å². The van der Waals surface area contributed by atoms with Crippen LogP contribution >= 0.6 is 0 Å². The van der Waals surface area contributed by atoms with Gasteiger partial charge in [0.2, 0.25) is 0 Å². The first-order valence-electron chi connectivity index (χ1n) is 8.17. The van der Waals surface area contributed by atoms with E-state index < -0.39 is 23.0 Å². The predicted octanol–water partition coefficient (Wildman–Crippen LogP) is 3.51. The summed E-state index contributed by atoms with van der Waals surface area (Å²) in [6, 6.07) is 3.12. The van der Waals surface area contributed by atoms with Crippen molar-refractivity contribution in [3.63, 3.8) is 0 Å². The number of hydrogen-bond acceptors (Lipinski definition) is 4. The van der Waals surface area contributed by atoms with Gasteiger partial charge in [0, 0.05) is 37.0 Å². The van der Waals surface area contributed by atoms with Gasteiger partial charge in [-0.2, -0.15) is 9.50 Å². The minimum absolute atomic E-state index is 0.147. The number of aryl methyl sites for hydroxylation is 1. The fourth-order valence-electron chi connectivity index (χ4n) is 3.18. The molecule has 1 aromatic carbocycles. The average molecular weight is 347 g/mol. The zero-order valence-electron chi connectivity index (χ0n) is 13.6. The van der Waals surface area contributed by atoms with E-state index in [2.05, 4.69) is 20.0 Å². The quantitative estimate of drug-likeness (QED) is 0.712. The van der Waals surface area contributed by atoms with Crippen LogP contribution in [0.25, 0.3) is 17.2 Å². The van der Waals surface area contributed by atoms with Crippen molar-refractivity contribution in [3.05, 3.63) is 41.3 Å². The first-order valence-corrected chi connectivity index (χ1v) is 8.17. The van der Waals surface area contributed by atoms with E-state index in [0.29, 0.717) is 12.1 Å². The highest BCUT2D eigenvalue weighted by Crippen LogP contribution is 2.27. The van der Waals surface area contributed by atoms with Crippen molar-refractivity contribution < 1.29 is 13.2 Å². The van der Waals surface area contributed by atoms with Gasteiger partial charge in [-0.1, -0.05) is 0 Å². The SMILES string of the molecule is Cc1cc(N2CCCCC2)n2nc(-c3c(F)cc(F)cc3F)nc2n1. The number of rotatable bonds is 2. The molecular weight excluding hydrogens is 331 g/mol. The molecule has 25 heavy (non-hydrogen) atoms. The Hall–Kier alpha value is -2.64. The second-order valence-electron chi connectivity index (χ2n) is 6.20. The molecule has 130 valence electrons. The highest BCUT2D eigenvalue weighted by molar-refractivity contribution is 5.60. The Morgan fingerprint density at radius 3 is 2.28 bits per heavy atom. The molecule has 1 aliphatic heterocycles. The van der Waals surface area contributed by atoms with E-state index in [1.54, 1.807) is 0 Å². The number of benzene rings is 1. The van der Waals surface area contributed by atoms with Crippen LogP contribution in [0.1, 0.15) is 25.0 Å². The first kappa shape index (κ1) is 15.9. The Morgan fingerprint density at radius 2 is 1.60 bits per heavy atom. The predicted molar refractivity (Wildman–Crippen MR) is 86.9 cm³/mol. The van der Waals surface area contributed by atoms with Gasteiger partial charge in [0.15, 0.2) is 5.82 Å². The van der Waals surface area contributed by atoms with E-state index in [1.807, 2.05) is 13.0 Å². The van der Waals surface area contributed by atoms with Crippen LogP contribution in [0.5, 0.6) is 0 Å². The molecule has 8 heteroatoms. The molecule has 0 aliphatic carbocycles. The number of aromatic nitrogens is 4. The molecule has 0 bridgehead atoms. The van der Waals surface area contributed by atoms with Crippen molar-refractivity contribution in [1.29, 1.82) is 0 Å². The molecule has 0 saturated carbocycles. The Morgan fingerprint density at radius 1 is 0.920 bits per heavy atom. The third-order valence-electron chi connectivity index (χ3n) is 4.33. The summed E-state index contributed by atoms with van der Waals surface area (Å²) < 4.78 is 42.8. The van der Waals surface area contributed by atoms with Crippen molar-refractivity contribution in [1.82, 2.24) is 19.6 Å². The Balaban J connectivity index is 1.88. The number of fused-ring (bicyclic) bond motifs is 1. The monoisotopic (exact) mass is 347 g/mol. The molecule has 0 radical (unpaired) electrons. The van der Waals surface area contributed by atoms with Gasteiger partial charge in [-0.15, -0.1) is 5.10 Å². The molecule has 3 aromatic rings. The van der Waals surface area contributed by atoms with Gasteiger partial charge in [-0.05, 0) is 26.2 Å². The van der Waals surface area contributed by atoms with Crippen LogP contribution in [0.15, 0.2) is 18.2 Å². The molecule has 0 N–H and O–H groups in total. The topological polar surface area (TPSA) is 46.3 Å². The van der Waals surface area contributed by atoms with Gasteiger partial charge in [0.05, 0.1) is 5.56 Å². The maximum absolute atomic E-state index is 14.1. The zero-order chi connectivity index (χ0) is 17.6. The van der Waals surface area contributed by atoms with Crippen LogP contribution in [0.2, 0.25) is 0 Å². The molecular formula is C17H16F3N5. The lowest BCUT2D eigenvalue weighted by molar-refractivity contribution is 0.546. The summed E-state index contributed by atoms with van der Waals surface area (Å²) in [6.07, 6.45) is 3.33. The second kappa shape index (κ2) is 6.02. The average Bonchev–Trinajstić information content (AvgIpc) is 2.97. The van der Waals surface area contributed by atoms with Crippen LogP contribution in [0.4, 0.5) is 19.0 Å². The summed E-state index contributed by atoms with van der Waals surface area (Å²) in [5, 5.41) is 4.25. The van der Waals surface area contributed by atoms with Crippen LogP contribution in [-0.2, 0) is 0 Å². The molecule has 1 fully saturated rings. The van der Waals surface area contributed by atoms with E-state index in [9.17, 15) is 13.2 Å². The summed E-state index contributed by atoms with van der Waals surface area (Å²) in [6.45, 7) is 3.60. The smallest absolute Gasteiger partial charge is 0.254 e. The Labute approximate surface area is 142 Å². The zero-order valence-corrected chi connectivity index (χ0v) is 13.6. The van der Waals surface area contributed by atoms with Crippen LogP contribution in [-0.4, -0.2) is 32.7 Å². The van der Waals surface area contributed by atoms with E-state index in [0.717, 1.165) is 37.4 Å². The van der Waals surface area contributed by atoms with Gasteiger partial charge in [0.25, 0.3) is 5.78 Å². The van der Waals surface area contributed by atoms with Gasteiger partial charge in [0.1, 0.15) is 23.3 Å². The van der Waals surface area contributed by atoms with Crippen molar-refractivity contribution in [2.24, 2.45) is 0 Å².